The van der Waals surface area contributed by atoms with Gasteiger partial charge in [-0.05, 0) is 39.6 Å². The molecule has 1 aromatic carbocycles. The Labute approximate surface area is 114 Å². The van der Waals surface area contributed by atoms with Crippen LogP contribution in [0.3, 0.4) is 0 Å². The molecule has 0 fully saturated rings. The number of nitrogens with zero attached hydrogens (tertiary/aromatic N) is 2. The first-order valence-electron chi connectivity index (χ1n) is 6.45. The molecule has 1 atom stereocenters. The van der Waals surface area contributed by atoms with E-state index >= 15 is 0 Å². The van der Waals surface area contributed by atoms with Crippen molar-refractivity contribution in [2.24, 2.45) is 5.84 Å². The van der Waals surface area contributed by atoms with Crippen molar-refractivity contribution < 1.29 is 0 Å². The van der Waals surface area contributed by atoms with Gasteiger partial charge in [-0.15, -0.1) is 0 Å². The van der Waals surface area contributed by atoms with Gasteiger partial charge in [0.15, 0.2) is 0 Å². The molecule has 0 saturated carbocycles. The molecular formula is C15H22N4. The number of fused-ring (bicyclic) bond motifs is 1. The summed E-state index contributed by atoms with van der Waals surface area (Å²) < 4.78 is 0. The Morgan fingerprint density at radius 3 is 2.53 bits per heavy atom. The first-order valence-corrected chi connectivity index (χ1v) is 6.45. The van der Waals surface area contributed by atoms with E-state index in [4.69, 9.17) is 5.84 Å². The molecule has 0 bridgehead atoms. The Bertz CT molecular complexity index is 558. The molecule has 4 nitrogen and oxygen atoms in total. The number of aromatic nitrogens is 1. The molecule has 0 amide bonds. The van der Waals surface area contributed by atoms with E-state index in [0.717, 1.165) is 16.5 Å². The van der Waals surface area contributed by atoms with Crippen molar-refractivity contribution in [3.05, 3.63) is 42.1 Å². The summed E-state index contributed by atoms with van der Waals surface area (Å²) in [5, 5.41) is 1.13. The number of rotatable bonds is 4. The molecule has 19 heavy (non-hydrogen) atoms. The summed E-state index contributed by atoms with van der Waals surface area (Å²) in [4.78, 5) is 6.67. The van der Waals surface area contributed by atoms with E-state index in [-0.39, 0.29) is 11.6 Å². The number of nitrogens with two attached hydrogens (primary N) is 1. The first-order chi connectivity index (χ1) is 8.98. The monoisotopic (exact) mass is 258 g/mol. The molecule has 2 rings (SSSR count). The molecule has 0 aliphatic rings. The van der Waals surface area contributed by atoms with Crippen LogP contribution in [0.4, 0.5) is 0 Å². The second-order valence-corrected chi connectivity index (χ2v) is 5.57. The summed E-state index contributed by atoms with van der Waals surface area (Å²) >= 11 is 0. The lowest BCUT2D eigenvalue weighted by Gasteiger charge is -2.40. The SMILES string of the molecule is CN(C)C(C)(C)C(NN)c1cccc2cccnc12. The Kier molecular flexibility index (Phi) is 3.85. The Morgan fingerprint density at radius 2 is 1.89 bits per heavy atom. The zero-order valence-corrected chi connectivity index (χ0v) is 12.0. The molecule has 0 radical (unpaired) electrons. The van der Waals surface area contributed by atoms with Gasteiger partial charge >= 0.3 is 0 Å². The summed E-state index contributed by atoms with van der Waals surface area (Å²) in [6.07, 6.45) is 1.82. The number of para-hydroxylation sites is 1. The molecule has 0 aliphatic heterocycles. The van der Waals surface area contributed by atoms with Gasteiger partial charge in [-0.25, -0.2) is 0 Å². The van der Waals surface area contributed by atoms with E-state index in [1.807, 2.05) is 12.3 Å². The second-order valence-electron chi connectivity index (χ2n) is 5.57. The number of pyridine rings is 1. The molecule has 102 valence electrons. The fraction of sp³-hybridized carbons (Fsp3) is 0.400. The molecule has 4 heteroatoms. The number of hydrazine groups is 1. The second kappa shape index (κ2) is 5.25. The van der Waals surface area contributed by atoms with Crippen LogP contribution in [0.2, 0.25) is 0 Å². The third kappa shape index (κ3) is 2.47. The Morgan fingerprint density at radius 1 is 1.21 bits per heavy atom. The van der Waals surface area contributed by atoms with Crippen molar-refractivity contribution >= 4 is 10.9 Å². The number of nitrogens with one attached hydrogen (secondary N) is 1. The smallest absolute Gasteiger partial charge is 0.0750 e. The van der Waals surface area contributed by atoms with Crippen LogP contribution in [0.1, 0.15) is 25.5 Å². The van der Waals surface area contributed by atoms with Gasteiger partial charge < -0.3 is 4.90 Å². The molecule has 0 spiro atoms. The van der Waals surface area contributed by atoms with Crippen molar-refractivity contribution in [1.82, 2.24) is 15.3 Å². The van der Waals surface area contributed by atoms with Crippen molar-refractivity contribution in [2.75, 3.05) is 14.1 Å². The van der Waals surface area contributed by atoms with Crippen LogP contribution in [0.25, 0.3) is 10.9 Å². The van der Waals surface area contributed by atoms with E-state index in [2.05, 4.69) is 67.5 Å². The van der Waals surface area contributed by atoms with E-state index in [1.165, 1.54) is 0 Å². The number of benzene rings is 1. The third-order valence-corrected chi connectivity index (χ3v) is 4.00. The zero-order chi connectivity index (χ0) is 14.0. The van der Waals surface area contributed by atoms with Gasteiger partial charge in [-0.1, -0.05) is 24.3 Å². The van der Waals surface area contributed by atoms with Crippen molar-refractivity contribution in [3.8, 4) is 0 Å². The van der Waals surface area contributed by atoms with Gasteiger partial charge in [0.1, 0.15) is 0 Å². The molecule has 1 heterocycles. The van der Waals surface area contributed by atoms with Crippen molar-refractivity contribution in [3.63, 3.8) is 0 Å². The molecule has 0 aliphatic carbocycles. The van der Waals surface area contributed by atoms with E-state index < -0.39 is 0 Å². The standard InChI is InChI=1S/C15H22N4/c1-15(2,19(3)4)14(18-16)12-9-5-7-11-8-6-10-17-13(11)12/h5-10,14,18H,16H2,1-4H3. The predicted octanol–water partition coefficient (Wildman–Crippen LogP) is 2.08. The van der Waals surface area contributed by atoms with Gasteiger partial charge in [0.25, 0.3) is 0 Å². The fourth-order valence-electron chi connectivity index (χ4n) is 2.29. The maximum Gasteiger partial charge on any atom is 0.0750 e. The highest BCUT2D eigenvalue weighted by Gasteiger charge is 2.33. The largest absolute Gasteiger partial charge is 0.302 e. The molecule has 0 saturated heterocycles. The minimum Gasteiger partial charge on any atom is -0.302 e. The topological polar surface area (TPSA) is 54.2 Å². The van der Waals surface area contributed by atoms with Crippen LogP contribution in [0.15, 0.2) is 36.5 Å². The van der Waals surface area contributed by atoms with Crippen LogP contribution in [-0.2, 0) is 0 Å². The van der Waals surface area contributed by atoms with Crippen LogP contribution in [0, 0.1) is 0 Å². The predicted molar refractivity (Wildman–Crippen MR) is 79.6 cm³/mol. The van der Waals surface area contributed by atoms with Gasteiger partial charge in [-0.2, -0.15) is 0 Å². The van der Waals surface area contributed by atoms with Crippen LogP contribution < -0.4 is 11.3 Å². The lowest BCUT2D eigenvalue weighted by molar-refractivity contribution is 0.139. The van der Waals surface area contributed by atoms with Crippen molar-refractivity contribution in [1.29, 1.82) is 0 Å². The summed E-state index contributed by atoms with van der Waals surface area (Å²) in [5.74, 6) is 5.82. The molecule has 2 aromatic rings. The zero-order valence-electron chi connectivity index (χ0n) is 12.0. The van der Waals surface area contributed by atoms with Gasteiger partial charge in [-0.3, -0.25) is 16.3 Å². The minimum atomic E-state index is -0.124. The molecule has 1 aromatic heterocycles. The number of hydrogen-bond donors (Lipinski definition) is 2. The lowest BCUT2D eigenvalue weighted by atomic mass is 9.87. The Hall–Kier alpha value is -1.49. The summed E-state index contributed by atoms with van der Waals surface area (Å²) in [6.45, 7) is 4.33. The average Bonchev–Trinajstić information content (AvgIpc) is 2.39. The van der Waals surface area contributed by atoms with Crippen LogP contribution in [-0.4, -0.2) is 29.5 Å². The Balaban J connectivity index is 2.59. The molecule has 1 unspecified atom stereocenters. The minimum absolute atomic E-state index is 0.00102. The number of likely N-dealkylation sites (N-methyl/N-ethyl adjacent to an activating group) is 1. The normalized spacial score (nSPS) is 14.0. The number of hydrogen-bond acceptors (Lipinski definition) is 4. The summed E-state index contributed by atoms with van der Waals surface area (Å²) in [5.41, 5.74) is 4.95. The van der Waals surface area contributed by atoms with Crippen molar-refractivity contribution in [2.45, 2.75) is 25.4 Å². The quantitative estimate of drug-likeness (QED) is 0.651. The lowest BCUT2D eigenvalue weighted by Crippen LogP contribution is -2.51. The van der Waals surface area contributed by atoms with Gasteiger partial charge in [0.2, 0.25) is 0 Å². The van der Waals surface area contributed by atoms with E-state index in [1.54, 1.807) is 0 Å². The summed E-state index contributed by atoms with van der Waals surface area (Å²) in [7, 11) is 4.12. The van der Waals surface area contributed by atoms with Crippen LogP contribution >= 0.6 is 0 Å². The molecular weight excluding hydrogens is 236 g/mol. The average molecular weight is 258 g/mol. The fourth-order valence-corrected chi connectivity index (χ4v) is 2.29. The van der Waals surface area contributed by atoms with Gasteiger partial charge in [0, 0.05) is 17.1 Å². The molecule has 3 N–H and O–H groups in total. The van der Waals surface area contributed by atoms with Gasteiger partial charge in [0.05, 0.1) is 11.6 Å². The maximum atomic E-state index is 5.82. The highest BCUT2D eigenvalue weighted by molar-refractivity contribution is 5.82. The third-order valence-electron chi connectivity index (χ3n) is 4.00. The van der Waals surface area contributed by atoms with E-state index in [9.17, 15) is 0 Å². The highest BCUT2D eigenvalue weighted by Crippen LogP contribution is 2.32. The van der Waals surface area contributed by atoms with Crippen LogP contribution in [0.5, 0.6) is 0 Å². The highest BCUT2D eigenvalue weighted by atomic mass is 15.3. The maximum absolute atomic E-state index is 5.82. The first kappa shape index (κ1) is 13.9. The summed E-state index contributed by atoms with van der Waals surface area (Å²) in [6, 6.07) is 10.2. The van der Waals surface area contributed by atoms with E-state index in [0.29, 0.717) is 0 Å².